The van der Waals surface area contributed by atoms with Gasteiger partial charge in [-0.15, -0.1) is 0 Å². The van der Waals surface area contributed by atoms with Gasteiger partial charge in [-0.25, -0.2) is 0 Å². The van der Waals surface area contributed by atoms with Gasteiger partial charge in [0.05, 0.1) is 13.1 Å². The highest BCUT2D eigenvalue weighted by atomic mass is 16.2. The highest BCUT2D eigenvalue weighted by Crippen LogP contribution is 2.18. The van der Waals surface area contributed by atoms with E-state index in [0.29, 0.717) is 28.2 Å². The minimum absolute atomic E-state index is 0.293. The molecule has 3 aromatic carbocycles. The average Bonchev–Trinajstić information content (AvgIpc) is 3.60. The smallest absolute Gasteiger partial charge is 0.255 e. The van der Waals surface area contributed by atoms with Gasteiger partial charge in [0.15, 0.2) is 0 Å². The Kier molecular flexibility index (Phi) is 6.13. The number of nitrogens with two attached hydrogens (primary N) is 1. The Labute approximate surface area is 202 Å². The van der Waals surface area contributed by atoms with Crippen LogP contribution in [0.15, 0.2) is 76.7 Å². The number of hydrogen-bond acceptors (Lipinski definition) is 7. The van der Waals surface area contributed by atoms with Crippen LogP contribution in [0.4, 0.5) is 17.1 Å². The number of amides is 2. The Morgan fingerprint density at radius 2 is 1.11 bits per heavy atom. The maximum Gasteiger partial charge on any atom is 0.255 e. The molecule has 0 bridgehead atoms. The van der Waals surface area contributed by atoms with Gasteiger partial charge in [0, 0.05) is 52.4 Å². The lowest BCUT2D eigenvalue weighted by molar-refractivity contribution is 0.102. The molecule has 9 heteroatoms. The zero-order valence-corrected chi connectivity index (χ0v) is 19.0. The van der Waals surface area contributed by atoms with Crippen LogP contribution in [0.5, 0.6) is 0 Å². The Morgan fingerprint density at radius 3 is 1.49 bits per heavy atom. The van der Waals surface area contributed by atoms with Gasteiger partial charge in [-0.2, -0.15) is 0 Å². The van der Waals surface area contributed by atoms with E-state index in [-0.39, 0.29) is 11.8 Å². The molecule has 176 valence electrons. The summed E-state index contributed by atoms with van der Waals surface area (Å²) in [6.07, 6.45) is 0. The van der Waals surface area contributed by atoms with Crippen molar-refractivity contribution in [1.29, 1.82) is 0 Å². The molecule has 0 spiro atoms. The summed E-state index contributed by atoms with van der Waals surface area (Å²) in [4.78, 5) is 34.5. The number of benzene rings is 3. The molecular formula is C26H25N7O2. The number of carbonyl (C=O) groups excluding carboxylic acids is 2. The molecule has 5 rings (SSSR count). The Balaban J connectivity index is 1.26. The van der Waals surface area contributed by atoms with Crippen LogP contribution < -0.4 is 27.0 Å². The highest BCUT2D eigenvalue weighted by Gasteiger charge is 2.14. The molecule has 0 aliphatic carbocycles. The number of aliphatic imine (C=N–C) groups is 2. The molecule has 0 saturated heterocycles. The first-order chi connectivity index (χ1) is 17.0. The normalized spacial score (nSPS) is 14.4. The third kappa shape index (κ3) is 5.14. The molecule has 0 atom stereocenters. The van der Waals surface area contributed by atoms with Gasteiger partial charge in [-0.05, 0) is 66.7 Å². The van der Waals surface area contributed by atoms with E-state index >= 15 is 0 Å². The van der Waals surface area contributed by atoms with Crippen LogP contribution in [0.25, 0.3) is 0 Å². The van der Waals surface area contributed by atoms with Crippen molar-refractivity contribution in [1.82, 2.24) is 10.6 Å². The zero-order valence-electron chi connectivity index (χ0n) is 19.0. The van der Waals surface area contributed by atoms with Crippen molar-refractivity contribution in [2.24, 2.45) is 9.98 Å². The van der Waals surface area contributed by atoms with Crippen molar-refractivity contribution in [3.8, 4) is 0 Å². The van der Waals surface area contributed by atoms with Gasteiger partial charge < -0.3 is 27.0 Å². The molecule has 0 aromatic heterocycles. The van der Waals surface area contributed by atoms with Gasteiger partial charge in [-0.3, -0.25) is 19.6 Å². The quantitative estimate of drug-likeness (QED) is 0.355. The molecule has 0 unspecified atom stereocenters. The lowest BCUT2D eigenvalue weighted by Gasteiger charge is -2.11. The largest absolute Gasteiger partial charge is 0.399 e. The summed E-state index contributed by atoms with van der Waals surface area (Å²) in [6.45, 7) is 3.19. The molecule has 9 nitrogen and oxygen atoms in total. The Hall–Kier alpha value is -4.66. The molecule has 35 heavy (non-hydrogen) atoms. The molecule has 2 aliphatic heterocycles. The lowest BCUT2D eigenvalue weighted by atomic mass is 10.1. The first kappa shape index (κ1) is 22.1. The lowest BCUT2D eigenvalue weighted by Crippen LogP contribution is -2.19. The first-order valence-electron chi connectivity index (χ1n) is 11.4. The van der Waals surface area contributed by atoms with E-state index in [2.05, 4.69) is 31.3 Å². The predicted octanol–water partition coefficient (Wildman–Crippen LogP) is 2.47. The first-order valence-corrected chi connectivity index (χ1v) is 11.4. The second kappa shape index (κ2) is 9.68. The Morgan fingerprint density at radius 1 is 0.686 bits per heavy atom. The number of nitrogens with one attached hydrogen (secondary N) is 4. The van der Waals surface area contributed by atoms with Crippen LogP contribution >= 0.6 is 0 Å². The number of amidine groups is 2. The number of nitrogen functional groups attached to an aromatic ring is 1. The minimum Gasteiger partial charge on any atom is -0.399 e. The van der Waals surface area contributed by atoms with Crippen LogP contribution in [-0.2, 0) is 0 Å². The molecule has 6 N–H and O–H groups in total. The topological polar surface area (TPSA) is 133 Å². The molecular weight excluding hydrogens is 442 g/mol. The maximum absolute atomic E-state index is 12.9. The summed E-state index contributed by atoms with van der Waals surface area (Å²) in [6, 6.07) is 19.4. The molecule has 2 amide bonds. The molecule has 3 aromatic rings. The summed E-state index contributed by atoms with van der Waals surface area (Å²) in [5.41, 5.74) is 10.1. The van der Waals surface area contributed by atoms with Crippen molar-refractivity contribution in [2.45, 2.75) is 0 Å². The van der Waals surface area contributed by atoms with E-state index in [0.717, 1.165) is 49.0 Å². The number of anilines is 3. The van der Waals surface area contributed by atoms with E-state index in [1.807, 2.05) is 48.5 Å². The third-order valence-electron chi connectivity index (χ3n) is 5.66. The molecule has 0 saturated carbocycles. The van der Waals surface area contributed by atoms with Crippen LogP contribution in [0.1, 0.15) is 31.8 Å². The minimum atomic E-state index is -0.357. The van der Waals surface area contributed by atoms with Crippen molar-refractivity contribution in [3.63, 3.8) is 0 Å². The van der Waals surface area contributed by atoms with Crippen LogP contribution in [0.2, 0.25) is 0 Å². The van der Waals surface area contributed by atoms with Crippen LogP contribution in [0, 0.1) is 0 Å². The van der Waals surface area contributed by atoms with Gasteiger partial charge in [0.2, 0.25) is 0 Å². The summed E-state index contributed by atoms with van der Waals surface area (Å²) < 4.78 is 0. The molecule has 0 radical (unpaired) electrons. The second-order valence-electron chi connectivity index (χ2n) is 8.22. The van der Waals surface area contributed by atoms with Gasteiger partial charge in [0.1, 0.15) is 11.7 Å². The van der Waals surface area contributed by atoms with E-state index in [1.165, 1.54) is 6.07 Å². The summed E-state index contributed by atoms with van der Waals surface area (Å²) in [7, 11) is 0. The van der Waals surface area contributed by atoms with Gasteiger partial charge in [-0.1, -0.05) is 0 Å². The van der Waals surface area contributed by atoms with Gasteiger partial charge >= 0.3 is 0 Å². The van der Waals surface area contributed by atoms with Crippen LogP contribution in [0.3, 0.4) is 0 Å². The van der Waals surface area contributed by atoms with Gasteiger partial charge in [0.25, 0.3) is 11.8 Å². The fourth-order valence-electron chi connectivity index (χ4n) is 3.93. The molecule has 0 fully saturated rings. The SMILES string of the molecule is Nc1cc(C(=O)Nc2ccc(C3=NCCN3)cc2)cc(C(=O)Nc2ccc(C3=NCCN3)cc2)c1. The van der Waals surface area contributed by atoms with Crippen molar-refractivity contribution in [2.75, 3.05) is 42.5 Å². The van der Waals surface area contributed by atoms with Crippen molar-refractivity contribution >= 4 is 40.5 Å². The van der Waals surface area contributed by atoms with E-state index in [4.69, 9.17) is 5.73 Å². The Bertz CT molecular complexity index is 1230. The summed E-state index contributed by atoms with van der Waals surface area (Å²) >= 11 is 0. The third-order valence-corrected chi connectivity index (χ3v) is 5.66. The monoisotopic (exact) mass is 467 g/mol. The average molecular weight is 468 g/mol. The molecule has 2 heterocycles. The van der Waals surface area contributed by atoms with E-state index in [1.54, 1.807) is 12.1 Å². The van der Waals surface area contributed by atoms with Crippen LogP contribution in [-0.4, -0.2) is 49.7 Å². The summed E-state index contributed by atoms with van der Waals surface area (Å²) in [5.74, 6) is 0.996. The molecule has 2 aliphatic rings. The zero-order chi connectivity index (χ0) is 24.2. The fraction of sp³-hybridized carbons (Fsp3) is 0.154. The van der Waals surface area contributed by atoms with Crippen molar-refractivity contribution < 1.29 is 9.59 Å². The number of nitrogens with zero attached hydrogens (tertiary/aromatic N) is 2. The summed E-state index contributed by atoms with van der Waals surface area (Å²) in [5, 5.41) is 12.1. The predicted molar refractivity (Wildman–Crippen MR) is 138 cm³/mol. The van der Waals surface area contributed by atoms with Crippen molar-refractivity contribution in [3.05, 3.63) is 89.0 Å². The number of hydrogen-bond donors (Lipinski definition) is 5. The number of rotatable bonds is 6. The van der Waals surface area contributed by atoms with E-state index < -0.39 is 0 Å². The standard InChI is InChI=1S/C26H25N7O2/c27-20-14-18(25(34)32-21-5-1-16(2-6-21)23-28-9-10-29-23)13-19(15-20)26(35)33-22-7-3-17(4-8-22)24-30-11-12-31-24/h1-8,13-15H,9-12,27H2,(H,28,29)(H,30,31)(H,32,34)(H,33,35). The number of carbonyl (C=O) groups is 2. The highest BCUT2D eigenvalue weighted by molar-refractivity contribution is 6.10. The second-order valence-corrected chi connectivity index (χ2v) is 8.22. The maximum atomic E-state index is 12.9. The van der Waals surface area contributed by atoms with E-state index in [9.17, 15) is 9.59 Å². The fourth-order valence-corrected chi connectivity index (χ4v) is 3.93.